The second-order valence-corrected chi connectivity index (χ2v) is 5.38. The highest BCUT2D eigenvalue weighted by atomic mass is 16.5. The molecule has 90 valence electrons. The van der Waals surface area contributed by atoms with Crippen LogP contribution in [0.5, 0.6) is 0 Å². The molecule has 0 saturated heterocycles. The van der Waals surface area contributed by atoms with Crippen LogP contribution in [0.3, 0.4) is 0 Å². The van der Waals surface area contributed by atoms with Gasteiger partial charge < -0.3 is 10.1 Å². The lowest BCUT2D eigenvalue weighted by Crippen LogP contribution is -2.43. The summed E-state index contributed by atoms with van der Waals surface area (Å²) in [6, 6.07) is 0.712. The Kier molecular flexibility index (Phi) is 5.62. The van der Waals surface area contributed by atoms with E-state index >= 15 is 0 Å². The maximum absolute atomic E-state index is 5.09. The molecule has 0 radical (unpaired) electrons. The minimum Gasteiger partial charge on any atom is -0.383 e. The first-order valence-corrected chi connectivity index (χ1v) is 6.37. The van der Waals surface area contributed by atoms with E-state index in [-0.39, 0.29) is 0 Å². The molecule has 0 bridgehead atoms. The average molecular weight is 213 g/mol. The van der Waals surface area contributed by atoms with Crippen LogP contribution >= 0.6 is 0 Å². The summed E-state index contributed by atoms with van der Waals surface area (Å²) >= 11 is 0. The molecule has 0 aliphatic heterocycles. The lowest BCUT2D eigenvalue weighted by atomic mass is 9.74. The fourth-order valence-corrected chi connectivity index (χ4v) is 2.78. The Hall–Kier alpha value is -0.0800. The molecule has 0 spiro atoms. The van der Waals surface area contributed by atoms with Gasteiger partial charge in [-0.2, -0.15) is 0 Å². The van der Waals surface area contributed by atoms with Crippen LogP contribution in [0.25, 0.3) is 0 Å². The van der Waals surface area contributed by atoms with Crippen molar-refractivity contribution in [2.24, 2.45) is 17.8 Å². The van der Waals surface area contributed by atoms with Crippen LogP contribution < -0.4 is 5.32 Å². The molecule has 0 unspecified atom stereocenters. The third-order valence-electron chi connectivity index (χ3n) is 3.73. The van der Waals surface area contributed by atoms with E-state index in [4.69, 9.17) is 4.74 Å². The van der Waals surface area contributed by atoms with Gasteiger partial charge in [0.25, 0.3) is 0 Å². The van der Waals surface area contributed by atoms with E-state index in [1.165, 1.54) is 19.3 Å². The Bertz CT molecular complexity index is 170. The van der Waals surface area contributed by atoms with E-state index < -0.39 is 0 Å². The van der Waals surface area contributed by atoms with Crippen LogP contribution in [0.4, 0.5) is 0 Å². The van der Waals surface area contributed by atoms with Gasteiger partial charge in [0, 0.05) is 19.7 Å². The Balaban J connectivity index is 2.39. The molecule has 0 aromatic carbocycles. The van der Waals surface area contributed by atoms with Crippen LogP contribution in [-0.4, -0.2) is 26.3 Å². The molecule has 1 aliphatic rings. The Morgan fingerprint density at radius 2 is 2.07 bits per heavy atom. The van der Waals surface area contributed by atoms with Crippen molar-refractivity contribution >= 4 is 0 Å². The highest BCUT2D eigenvalue weighted by molar-refractivity contribution is 4.85. The summed E-state index contributed by atoms with van der Waals surface area (Å²) in [7, 11) is 1.77. The summed E-state index contributed by atoms with van der Waals surface area (Å²) < 4.78 is 5.09. The molecule has 1 aliphatic carbocycles. The molecule has 0 aromatic heterocycles. The topological polar surface area (TPSA) is 21.3 Å². The molecule has 2 nitrogen and oxygen atoms in total. The summed E-state index contributed by atoms with van der Waals surface area (Å²) in [6.07, 6.45) is 4.14. The van der Waals surface area contributed by atoms with Gasteiger partial charge in [0.2, 0.25) is 0 Å². The van der Waals surface area contributed by atoms with Crippen molar-refractivity contribution in [3.05, 3.63) is 0 Å². The quantitative estimate of drug-likeness (QED) is 0.709. The third-order valence-corrected chi connectivity index (χ3v) is 3.73. The number of nitrogens with one attached hydrogen (secondary N) is 1. The Morgan fingerprint density at radius 3 is 2.67 bits per heavy atom. The van der Waals surface area contributed by atoms with Crippen LogP contribution in [-0.2, 0) is 4.74 Å². The summed E-state index contributed by atoms with van der Waals surface area (Å²) in [6.45, 7) is 8.91. The van der Waals surface area contributed by atoms with Gasteiger partial charge in [0.1, 0.15) is 0 Å². The van der Waals surface area contributed by atoms with Crippen molar-refractivity contribution in [2.45, 2.75) is 46.1 Å². The standard InChI is InChI=1S/C13H27NO/c1-10(2)12-6-5-11(3)9-13(12)14-7-8-15-4/h10-14H,5-9H2,1-4H3/t11-,12-,13-/m1/s1. The molecule has 1 fully saturated rings. The van der Waals surface area contributed by atoms with E-state index in [1.807, 2.05) is 0 Å². The first kappa shape index (κ1) is 13.0. The molecule has 1 N–H and O–H groups in total. The van der Waals surface area contributed by atoms with Crippen LogP contribution in [0.1, 0.15) is 40.0 Å². The molecule has 0 heterocycles. The first-order chi connectivity index (χ1) is 7.15. The van der Waals surface area contributed by atoms with Gasteiger partial charge in [-0.1, -0.05) is 27.2 Å². The van der Waals surface area contributed by atoms with E-state index in [1.54, 1.807) is 7.11 Å². The van der Waals surface area contributed by atoms with E-state index in [2.05, 4.69) is 26.1 Å². The zero-order chi connectivity index (χ0) is 11.3. The maximum Gasteiger partial charge on any atom is 0.0587 e. The van der Waals surface area contributed by atoms with Crippen molar-refractivity contribution in [3.8, 4) is 0 Å². The average Bonchev–Trinajstić information content (AvgIpc) is 2.18. The monoisotopic (exact) mass is 213 g/mol. The second kappa shape index (κ2) is 6.49. The Labute approximate surface area is 94.8 Å². The third kappa shape index (κ3) is 4.12. The van der Waals surface area contributed by atoms with Crippen LogP contribution in [0.2, 0.25) is 0 Å². The summed E-state index contributed by atoms with van der Waals surface area (Å²) in [5, 5.41) is 3.66. The summed E-state index contributed by atoms with van der Waals surface area (Å²) in [4.78, 5) is 0. The molecule has 1 rings (SSSR count). The zero-order valence-corrected chi connectivity index (χ0v) is 10.8. The molecule has 1 saturated carbocycles. The smallest absolute Gasteiger partial charge is 0.0587 e. The van der Waals surface area contributed by atoms with E-state index in [0.717, 1.165) is 30.9 Å². The van der Waals surface area contributed by atoms with Gasteiger partial charge in [-0.15, -0.1) is 0 Å². The van der Waals surface area contributed by atoms with Crippen molar-refractivity contribution in [1.29, 1.82) is 0 Å². The molecule has 3 atom stereocenters. The second-order valence-electron chi connectivity index (χ2n) is 5.38. The first-order valence-electron chi connectivity index (χ1n) is 6.37. The van der Waals surface area contributed by atoms with Crippen LogP contribution in [0, 0.1) is 17.8 Å². The fraction of sp³-hybridized carbons (Fsp3) is 1.00. The highest BCUT2D eigenvalue weighted by Crippen LogP contribution is 2.33. The van der Waals surface area contributed by atoms with Gasteiger partial charge in [-0.25, -0.2) is 0 Å². The van der Waals surface area contributed by atoms with Gasteiger partial charge in [0.15, 0.2) is 0 Å². The van der Waals surface area contributed by atoms with E-state index in [0.29, 0.717) is 6.04 Å². The SMILES string of the molecule is COCCN[C@@H]1C[C@H](C)CC[C@@H]1C(C)C. The number of ether oxygens (including phenoxy) is 1. The van der Waals surface area contributed by atoms with Gasteiger partial charge >= 0.3 is 0 Å². The predicted molar refractivity (Wildman–Crippen MR) is 65.0 cm³/mol. The molecular formula is C13H27NO. The Morgan fingerprint density at radius 1 is 1.33 bits per heavy atom. The lowest BCUT2D eigenvalue weighted by molar-refractivity contribution is 0.148. The number of methoxy groups -OCH3 is 1. The number of hydrogen-bond donors (Lipinski definition) is 1. The highest BCUT2D eigenvalue weighted by Gasteiger charge is 2.29. The van der Waals surface area contributed by atoms with Gasteiger partial charge in [-0.05, 0) is 30.6 Å². The normalized spacial score (nSPS) is 32.2. The molecule has 2 heteroatoms. The van der Waals surface area contributed by atoms with Crippen molar-refractivity contribution in [3.63, 3.8) is 0 Å². The van der Waals surface area contributed by atoms with Gasteiger partial charge in [0.05, 0.1) is 6.61 Å². The fourth-order valence-electron chi connectivity index (χ4n) is 2.78. The summed E-state index contributed by atoms with van der Waals surface area (Å²) in [5.74, 6) is 2.55. The minimum absolute atomic E-state index is 0.712. The van der Waals surface area contributed by atoms with Crippen LogP contribution in [0.15, 0.2) is 0 Å². The molecule has 15 heavy (non-hydrogen) atoms. The molecular weight excluding hydrogens is 186 g/mol. The minimum atomic E-state index is 0.712. The largest absolute Gasteiger partial charge is 0.383 e. The van der Waals surface area contributed by atoms with Crippen molar-refractivity contribution < 1.29 is 4.74 Å². The molecule has 0 aromatic rings. The number of hydrogen-bond acceptors (Lipinski definition) is 2. The lowest BCUT2D eigenvalue weighted by Gasteiger charge is -2.38. The number of rotatable bonds is 5. The zero-order valence-electron chi connectivity index (χ0n) is 10.8. The van der Waals surface area contributed by atoms with E-state index in [9.17, 15) is 0 Å². The maximum atomic E-state index is 5.09. The summed E-state index contributed by atoms with van der Waals surface area (Å²) in [5.41, 5.74) is 0. The molecule has 0 amide bonds. The van der Waals surface area contributed by atoms with Gasteiger partial charge in [-0.3, -0.25) is 0 Å². The van der Waals surface area contributed by atoms with Crippen molar-refractivity contribution in [2.75, 3.05) is 20.3 Å². The van der Waals surface area contributed by atoms with Crippen molar-refractivity contribution in [1.82, 2.24) is 5.32 Å². The predicted octanol–water partition coefficient (Wildman–Crippen LogP) is 2.68.